The average molecular weight is 434 g/mol. The van der Waals surface area contributed by atoms with Crippen molar-refractivity contribution < 1.29 is 17.0 Å². The molecule has 0 bridgehead atoms. The van der Waals surface area contributed by atoms with Crippen LogP contribution < -0.4 is 4.18 Å². The minimum absolute atomic E-state index is 0.0255. The molecule has 4 aromatic rings. The van der Waals surface area contributed by atoms with Crippen LogP contribution in [0, 0.1) is 6.92 Å². The number of rotatable bonds is 4. The summed E-state index contributed by atoms with van der Waals surface area (Å²) in [6.07, 6.45) is 0. The lowest BCUT2D eigenvalue weighted by molar-refractivity contribution is 0.485. The Labute approximate surface area is 171 Å². The fraction of sp³-hybridized carbons (Fsp3) is 0.0500. The maximum atomic E-state index is 12.7. The van der Waals surface area contributed by atoms with Crippen LogP contribution in [0.5, 0.6) is 5.75 Å². The predicted octanol–water partition coefficient (Wildman–Crippen LogP) is 5.88. The maximum Gasteiger partial charge on any atom is 0.340 e. The van der Waals surface area contributed by atoms with Crippen LogP contribution >= 0.6 is 23.2 Å². The molecule has 0 aliphatic rings. The number of aromatic nitrogens is 1. The summed E-state index contributed by atoms with van der Waals surface area (Å²) in [6, 6.07) is 16.3. The van der Waals surface area contributed by atoms with Gasteiger partial charge in [0.25, 0.3) is 0 Å². The van der Waals surface area contributed by atoms with Gasteiger partial charge in [0.1, 0.15) is 10.4 Å². The van der Waals surface area contributed by atoms with Gasteiger partial charge >= 0.3 is 10.1 Å². The van der Waals surface area contributed by atoms with Gasteiger partial charge in [-0.2, -0.15) is 8.42 Å². The minimum Gasteiger partial charge on any atom is -0.436 e. The summed E-state index contributed by atoms with van der Waals surface area (Å²) >= 11 is 11.9. The Balaban J connectivity index is 1.78. The first-order valence-electron chi connectivity index (χ1n) is 8.20. The third-order valence-corrected chi connectivity index (χ3v) is 6.05. The Hall–Kier alpha value is -2.54. The second-order valence-electron chi connectivity index (χ2n) is 6.05. The number of nitrogens with zero attached hydrogens (tertiary/aromatic N) is 1. The van der Waals surface area contributed by atoms with Crippen LogP contribution in [0.15, 0.2) is 70.0 Å². The monoisotopic (exact) mass is 433 g/mol. The topological polar surface area (TPSA) is 69.4 Å². The largest absolute Gasteiger partial charge is 0.436 e. The van der Waals surface area contributed by atoms with E-state index in [1.807, 2.05) is 19.1 Å². The first kappa shape index (κ1) is 18.8. The Morgan fingerprint density at radius 1 is 1.00 bits per heavy atom. The highest BCUT2D eigenvalue weighted by molar-refractivity contribution is 7.87. The Kier molecular flexibility index (Phi) is 4.79. The zero-order valence-electron chi connectivity index (χ0n) is 14.5. The van der Waals surface area contributed by atoms with E-state index >= 15 is 0 Å². The van der Waals surface area contributed by atoms with E-state index in [0.717, 1.165) is 5.56 Å². The van der Waals surface area contributed by atoms with Crippen molar-refractivity contribution in [2.24, 2.45) is 0 Å². The molecule has 1 aromatic heterocycles. The van der Waals surface area contributed by atoms with Crippen LogP contribution in [-0.2, 0) is 10.1 Å². The molecule has 0 atom stereocenters. The van der Waals surface area contributed by atoms with Gasteiger partial charge in [0.05, 0.1) is 10.6 Å². The summed E-state index contributed by atoms with van der Waals surface area (Å²) in [6.45, 7) is 1.92. The van der Waals surface area contributed by atoms with Crippen molar-refractivity contribution in [2.45, 2.75) is 11.8 Å². The van der Waals surface area contributed by atoms with Crippen molar-refractivity contribution in [1.82, 2.24) is 4.98 Å². The standard InChI is InChI=1S/C20H13Cl2NO4S/c1-12-5-4-8-17-19(12)23-20(26-17)14-6-2-3-7-16(14)27-28(24,25)18-10-9-13(21)11-15(18)22/h2-11H,1H3. The average Bonchev–Trinajstić information content (AvgIpc) is 3.07. The molecule has 0 spiro atoms. The van der Waals surface area contributed by atoms with Crippen LogP contribution in [0.2, 0.25) is 10.0 Å². The van der Waals surface area contributed by atoms with Crippen molar-refractivity contribution in [3.63, 3.8) is 0 Å². The molecule has 0 aliphatic carbocycles. The number of oxazole rings is 1. The molecule has 0 N–H and O–H groups in total. The first-order chi connectivity index (χ1) is 13.3. The van der Waals surface area contributed by atoms with Crippen LogP contribution in [0.3, 0.4) is 0 Å². The van der Waals surface area contributed by atoms with Crippen LogP contribution in [-0.4, -0.2) is 13.4 Å². The molecule has 0 unspecified atom stereocenters. The fourth-order valence-electron chi connectivity index (χ4n) is 2.76. The molecule has 142 valence electrons. The molecular formula is C20H13Cl2NO4S. The molecule has 0 radical (unpaired) electrons. The molecule has 5 nitrogen and oxygen atoms in total. The van der Waals surface area contributed by atoms with E-state index < -0.39 is 10.1 Å². The molecule has 3 aromatic carbocycles. The summed E-state index contributed by atoms with van der Waals surface area (Å²) in [5.41, 5.74) is 2.67. The third kappa shape index (κ3) is 3.46. The molecule has 0 saturated heterocycles. The molecule has 0 saturated carbocycles. The zero-order valence-corrected chi connectivity index (χ0v) is 16.8. The quantitative estimate of drug-likeness (QED) is 0.376. The van der Waals surface area contributed by atoms with Crippen molar-refractivity contribution in [3.05, 3.63) is 76.3 Å². The van der Waals surface area contributed by atoms with Gasteiger partial charge < -0.3 is 8.60 Å². The fourth-order valence-corrected chi connectivity index (χ4v) is 4.45. The second kappa shape index (κ2) is 7.13. The number of hydrogen-bond acceptors (Lipinski definition) is 5. The lowest BCUT2D eigenvalue weighted by atomic mass is 10.2. The van der Waals surface area contributed by atoms with Crippen molar-refractivity contribution in [3.8, 4) is 17.2 Å². The molecule has 4 rings (SSSR count). The van der Waals surface area contributed by atoms with Crippen LogP contribution in [0.4, 0.5) is 0 Å². The lowest BCUT2D eigenvalue weighted by Crippen LogP contribution is -2.11. The molecule has 0 amide bonds. The van der Waals surface area contributed by atoms with E-state index in [1.165, 1.54) is 24.3 Å². The Morgan fingerprint density at radius 3 is 2.54 bits per heavy atom. The van der Waals surface area contributed by atoms with Gasteiger partial charge in [0, 0.05) is 5.02 Å². The molecule has 28 heavy (non-hydrogen) atoms. The highest BCUT2D eigenvalue weighted by Gasteiger charge is 2.23. The van der Waals surface area contributed by atoms with Crippen LogP contribution in [0.1, 0.15) is 5.56 Å². The number of hydrogen-bond donors (Lipinski definition) is 0. The normalized spacial score (nSPS) is 11.7. The van der Waals surface area contributed by atoms with E-state index in [9.17, 15) is 8.42 Å². The SMILES string of the molecule is Cc1cccc2oc(-c3ccccc3OS(=O)(=O)c3ccc(Cl)cc3Cl)nc12. The molecular weight excluding hydrogens is 421 g/mol. The number of benzene rings is 3. The van der Waals surface area contributed by atoms with Gasteiger partial charge in [-0.1, -0.05) is 47.5 Å². The minimum atomic E-state index is -4.19. The van der Waals surface area contributed by atoms with Crippen LogP contribution in [0.25, 0.3) is 22.6 Å². The maximum absolute atomic E-state index is 12.7. The summed E-state index contributed by atoms with van der Waals surface area (Å²) in [5.74, 6) is 0.343. The van der Waals surface area contributed by atoms with Crippen molar-refractivity contribution in [2.75, 3.05) is 0 Å². The summed E-state index contributed by atoms with van der Waals surface area (Å²) < 4.78 is 36.7. The van der Waals surface area contributed by atoms with Gasteiger partial charge in [0.2, 0.25) is 5.89 Å². The van der Waals surface area contributed by atoms with E-state index in [2.05, 4.69) is 4.98 Å². The van der Waals surface area contributed by atoms with Crippen molar-refractivity contribution in [1.29, 1.82) is 0 Å². The van der Waals surface area contributed by atoms with E-state index in [0.29, 0.717) is 21.7 Å². The molecule has 1 heterocycles. The summed E-state index contributed by atoms with van der Waals surface area (Å²) in [5, 5.41) is 0.300. The van der Waals surface area contributed by atoms with Gasteiger partial charge in [-0.25, -0.2) is 4.98 Å². The van der Waals surface area contributed by atoms with Crippen molar-refractivity contribution >= 4 is 44.4 Å². The highest BCUT2D eigenvalue weighted by Crippen LogP contribution is 2.35. The van der Waals surface area contributed by atoms with Gasteiger partial charge in [-0.3, -0.25) is 0 Å². The highest BCUT2D eigenvalue weighted by atomic mass is 35.5. The molecule has 8 heteroatoms. The number of fused-ring (bicyclic) bond motifs is 1. The summed E-state index contributed by atoms with van der Waals surface area (Å²) in [7, 11) is -4.19. The first-order valence-corrected chi connectivity index (χ1v) is 10.4. The molecule has 0 aliphatic heterocycles. The second-order valence-corrected chi connectivity index (χ2v) is 8.41. The van der Waals surface area contributed by atoms with E-state index in [-0.39, 0.29) is 21.6 Å². The Bertz CT molecular complexity index is 1300. The van der Waals surface area contributed by atoms with Gasteiger partial charge in [-0.15, -0.1) is 0 Å². The number of aryl methyl sites for hydroxylation is 1. The number of halogens is 2. The lowest BCUT2D eigenvalue weighted by Gasteiger charge is -2.11. The Morgan fingerprint density at radius 2 is 1.79 bits per heavy atom. The van der Waals surface area contributed by atoms with E-state index in [1.54, 1.807) is 24.3 Å². The zero-order chi connectivity index (χ0) is 19.9. The number of para-hydroxylation sites is 2. The summed E-state index contributed by atoms with van der Waals surface area (Å²) in [4.78, 5) is 4.31. The predicted molar refractivity (Wildman–Crippen MR) is 108 cm³/mol. The van der Waals surface area contributed by atoms with Gasteiger partial charge in [0.15, 0.2) is 11.3 Å². The molecule has 0 fully saturated rings. The van der Waals surface area contributed by atoms with E-state index in [4.69, 9.17) is 31.8 Å². The third-order valence-electron chi connectivity index (χ3n) is 4.10. The smallest absolute Gasteiger partial charge is 0.340 e. The van der Waals surface area contributed by atoms with Gasteiger partial charge in [-0.05, 0) is 48.9 Å².